The van der Waals surface area contributed by atoms with Crippen LogP contribution in [0, 0.1) is 0 Å². The van der Waals surface area contributed by atoms with Crippen molar-refractivity contribution in [1.82, 2.24) is 5.32 Å². The molecule has 1 aromatic rings. The van der Waals surface area contributed by atoms with Crippen molar-refractivity contribution in [1.29, 1.82) is 0 Å². The molecule has 0 bridgehead atoms. The number of nitrogens with one attached hydrogen (secondary N) is 1. The van der Waals surface area contributed by atoms with Crippen LogP contribution in [0.3, 0.4) is 0 Å². The molecule has 1 aromatic carbocycles. The van der Waals surface area contributed by atoms with Gasteiger partial charge in [-0.1, -0.05) is 19.4 Å². The lowest BCUT2D eigenvalue weighted by Gasteiger charge is -2.27. The Bertz CT molecular complexity index is 553. The molecule has 0 saturated heterocycles. The smallest absolute Gasteiger partial charge is 0.331 e. The first-order valence-corrected chi connectivity index (χ1v) is 7.53. The molecule has 1 unspecified atom stereocenters. The lowest BCUT2D eigenvalue weighted by molar-refractivity contribution is -0.147. The summed E-state index contributed by atoms with van der Waals surface area (Å²) in [6, 6.07) is 5.80. The number of carbonyl (C=O) groups excluding carboxylic acids is 2. The number of methoxy groups -OCH3 is 1. The van der Waals surface area contributed by atoms with E-state index in [2.05, 4.69) is 5.32 Å². The molecular formula is C17H23NO3. The minimum absolute atomic E-state index is 0.217. The third-order valence-electron chi connectivity index (χ3n) is 4.14. The zero-order valence-corrected chi connectivity index (χ0v) is 13.0. The van der Waals surface area contributed by atoms with Crippen LogP contribution < -0.4 is 5.32 Å². The number of hydrogen-bond donors (Lipinski definition) is 1. The molecule has 0 fully saturated rings. The van der Waals surface area contributed by atoms with Gasteiger partial charge in [0, 0.05) is 5.56 Å². The van der Waals surface area contributed by atoms with Crippen LogP contribution >= 0.6 is 0 Å². The number of carbonyl (C=O) groups is 2. The standard InChI is InChI=1S/C17H23NO3/c1-4-10-17(2,16(20)21-3)18-15(19)14-9-8-12-6-5-7-13(12)11-14/h8-9,11H,4-7,10H2,1-3H3,(H,18,19). The highest BCUT2D eigenvalue weighted by Crippen LogP contribution is 2.23. The summed E-state index contributed by atoms with van der Waals surface area (Å²) < 4.78 is 4.83. The van der Waals surface area contributed by atoms with E-state index in [9.17, 15) is 9.59 Å². The Kier molecular flexibility index (Phi) is 4.66. The summed E-state index contributed by atoms with van der Waals surface area (Å²) in [7, 11) is 1.35. The first kappa shape index (κ1) is 15.5. The number of amides is 1. The zero-order chi connectivity index (χ0) is 15.5. The van der Waals surface area contributed by atoms with E-state index in [0.29, 0.717) is 12.0 Å². The lowest BCUT2D eigenvalue weighted by atomic mass is 9.95. The summed E-state index contributed by atoms with van der Waals surface area (Å²) in [5, 5.41) is 2.84. The third kappa shape index (κ3) is 3.26. The number of ether oxygens (including phenoxy) is 1. The highest BCUT2D eigenvalue weighted by molar-refractivity contribution is 5.98. The molecule has 0 heterocycles. The van der Waals surface area contributed by atoms with Crippen LogP contribution in [0.2, 0.25) is 0 Å². The van der Waals surface area contributed by atoms with Crippen LogP contribution in [0.25, 0.3) is 0 Å². The summed E-state index contributed by atoms with van der Waals surface area (Å²) in [5.41, 5.74) is 2.22. The van der Waals surface area contributed by atoms with Gasteiger partial charge >= 0.3 is 5.97 Å². The molecular weight excluding hydrogens is 266 g/mol. The number of hydrogen-bond acceptors (Lipinski definition) is 3. The maximum absolute atomic E-state index is 12.4. The van der Waals surface area contributed by atoms with Gasteiger partial charge in [0.1, 0.15) is 5.54 Å². The number of esters is 1. The van der Waals surface area contributed by atoms with Crippen molar-refractivity contribution in [3.8, 4) is 0 Å². The van der Waals surface area contributed by atoms with E-state index in [4.69, 9.17) is 4.74 Å². The van der Waals surface area contributed by atoms with Gasteiger partial charge in [0.2, 0.25) is 0 Å². The number of aryl methyl sites for hydroxylation is 2. The fraction of sp³-hybridized carbons (Fsp3) is 0.529. The van der Waals surface area contributed by atoms with Crippen molar-refractivity contribution in [3.63, 3.8) is 0 Å². The topological polar surface area (TPSA) is 55.4 Å². The summed E-state index contributed by atoms with van der Waals surface area (Å²) in [4.78, 5) is 24.4. The Balaban J connectivity index is 2.17. The number of fused-ring (bicyclic) bond motifs is 1. The summed E-state index contributed by atoms with van der Waals surface area (Å²) in [6.45, 7) is 3.69. The molecule has 4 heteroatoms. The molecule has 114 valence electrons. The van der Waals surface area contributed by atoms with Crippen LogP contribution in [-0.4, -0.2) is 24.5 Å². The van der Waals surface area contributed by atoms with Crippen LogP contribution in [0.1, 0.15) is 54.6 Å². The molecule has 1 aliphatic carbocycles. The maximum Gasteiger partial charge on any atom is 0.331 e. The quantitative estimate of drug-likeness (QED) is 0.848. The van der Waals surface area contributed by atoms with Gasteiger partial charge in [0.05, 0.1) is 7.11 Å². The van der Waals surface area contributed by atoms with E-state index in [1.165, 1.54) is 18.2 Å². The van der Waals surface area contributed by atoms with Crippen molar-refractivity contribution in [2.75, 3.05) is 7.11 Å². The first-order valence-electron chi connectivity index (χ1n) is 7.53. The SMILES string of the molecule is CCCC(C)(NC(=O)c1ccc2c(c1)CCC2)C(=O)OC. The predicted molar refractivity (Wildman–Crippen MR) is 81.3 cm³/mol. The van der Waals surface area contributed by atoms with Crippen LogP contribution in [0.15, 0.2) is 18.2 Å². The molecule has 21 heavy (non-hydrogen) atoms. The molecule has 0 aromatic heterocycles. The molecule has 1 atom stereocenters. The van der Waals surface area contributed by atoms with Crippen LogP contribution in [0.4, 0.5) is 0 Å². The monoisotopic (exact) mass is 289 g/mol. The summed E-state index contributed by atoms with van der Waals surface area (Å²) in [5.74, 6) is -0.620. The third-order valence-corrected chi connectivity index (χ3v) is 4.14. The van der Waals surface area contributed by atoms with E-state index < -0.39 is 11.5 Å². The second-order valence-electron chi connectivity index (χ2n) is 5.86. The molecule has 0 radical (unpaired) electrons. The van der Waals surface area contributed by atoms with E-state index in [1.54, 1.807) is 6.92 Å². The van der Waals surface area contributed by atoms with Crippen molar-refractivity contribution in [2.24, 2.45) is 0 Å². The summed E-state index contributed by atoms with van der Waals surface area (Å²) >= 11 is 0. The van der Waals surface area contributed by atoms with Gasteiger partial charge in [-0.05, 0) is 55.9 Å². The second-order valence-corrected chi connectivity index (χ2v) is 5.86. The summed E-state index contributed by atoms with van der Waals surface area (Å²) in [6.07, 6.45) is 4.61. The average molecular weight is 289 g/mol. The Hall–Kier alpha value is -1.84. The van der Waals surface area contributed by atoms with Gasteiger partial charge in [-0.15, -0.1) is 0 Å². The van der Waals surface area contributed by atoms with Gasteiger partial charge in [-0.2, -0.15) is 0 Å². The molecule has 0 aliphatic heterocycles. The number of benzene rings is 1. The molecule has 0 saturated carbocycles. The van der Waals surface area contributed by atoms with Gasteiger partial charge in [0.15, 0.2) is 0 Å². The van der Waals surface area contributed by atoms with Crippen LogP contribution in [-0.2, 0) is 22.4 Å². The second kappa shape index (κ2) is 6.29. The minimum atomic E-state index is -0.973. The van der Waals surface area contributed by atoms with Crippen molar-refractivity contribution in [3.05, 3.63) is 34.9 Å². The van der Waals surface area contributed by atoms with Crippen LogP contribution in [0.5, 0.6) is 0 Å². The Morgan fingerprint density at radius 3 is 2.67 bits per heavy atom. The van der Waals surface area contributed by atoms with Gasteiger partial charge in [0.25, 0.3) is 5.91 Å². The zero-order valence-electron chi connectivity index (χ0n) is 13.0. The first-order chi connectivity index (χ1) is 10.00. The minimum Gasteiger partial charge on any atom is -0.467 e. The van der Waals surface area contributed by atoms with Gasteiger partial charge in [-0.3, -0.25) is 4.79 Å². The maximum atomic E-state index is 12.4. The average Bonchev–Trinajstić information content (AvgIpc) is 2.93. The Labute approximate surface area is 125 Å². The molecule has 1 N–H and O–H groups in total. The molecule has 1 amide bonds. The highest BCUT2D eigenvalue weighted by Gasteiger charge is 2.35. The van der Waals surface area contributed by atoms with Crippen molar-refractivity contribution >= 4 is 11.9 Å². The fourth-order valence-electron chi connectivity index (χ4n) is 2.98. The Morgan fingerprint density at radius 2 is 2.00 bits per heavy atom. The molecule has 1 aliphatic rings. The normalized spacial score (nSPS) is 16.0. The van der Waals surface area contributed by atoms with E-state index in [0.717, 1.165) is 25.7 Å². The molecule has 4 nitrogen and oxygen atoms in total. The molecule has 0 spiro atoms. The fourth-order valence-corrected chi connectivity index (χ4v) is 2.98. The largest absolute Gasteiger partial charge is 0.467 e. The van der Waals surface area contributed by atoms with E-state index in [1.807, 2.05) is 25.1 Å². The Morgan fingerprint density at radius 1 is 1.29 bits per heavy atom. The van der Waals surface area contributed by atoms with Crippen molar-refractivity contribution < 1.29 is 14.3 Å². The lowest BCUT2D eigenvalue weighted by Crippen LogP contribution is -2.52. The number of rotatable bonds is 5. The highest BCUT2D eigenvalue weighted by atomic mass is 16.5. The van der Waals surface area contributed by atoms with Gasteiger partial charge in [-0.25, -0.2) is 4.79 Å². The molecule has 2 rings (SSSR count). The van der Waals surface area contributed by atoms with E-state index >= 15 is 0 Å². The predicted octanol–water partition coefficient (Wildman–Crippen LogP) is 2.64. The van der Waals surface area contributed by atoms with E-state index in [-0.39, 0.29) is 5.91 Å². The van der Waals surface area contributed by atoms with Gasteiger partial charge < -0.3 is 10.1 Å². The van der Waals surface area contributed by atoms with Crippen molar-refractivity contribution in [2.45, 2.75) is 51.5 Å².